The van der Waals surface area contributed by atoms with Crippen LogP contribution in [0.4, 0.5) is 0 Å². The Labute approximate surface area is 166 Å². The van der Waals surface area contributed by atoms with Crippen LogP contribution >= 0.6 is 12.4 Å². The van der Waals surface area contributed by atoms with Gasteiger partial charge in [-0.15, -0.1) is 12.4 Å². The molecule has 8 heteroatoms. The van der Waals surface area contributed by atoms with Crippen molar-refractivity contribution >= 4 is 28.2 Å². The van der Waals surface area contributed by atoms with Crippen LogP contribution in [0, 0.1) is 5.92 Å². The Morgan fingerprint density at radius 1 is 1.19 bits per heavy atom. The monoisotopic (exact) mass is 412 g/mol. The summed E-state index contributed by atoms with van der Waals surface area (Å²) < 4.78 is 30.6. The summed E-state index contributed by atoms with van der Waals surface area (Å²) in [5.41, 5.74) is 0.413. The summed E-state index contributed by atoms with van der Waals surface area (Å²) >= 11 is 0. The summed E-state index contributed by atoms with van der Waals surface area (Å²) in [5, 5.41) is 3.17. The van der Waals surface area contributed by atoms with Crippen LogP contribution in [0.5, 0.6) is 0 Å². The third-order valence-electron chi connectivity index (χ3n) is 4.78. The molecule has 2 heterocycles. The lowest BCUT2D eigenvalue weighted by molar-refractivity contribution is 0.0657. The molecule has 0 radical (unpaired) electrons. The fraction of sp³-hybridized carbons (Fsp3) is 0.421. The minimum atomic E-state index is -3.53. The smallest absolute Gasteiger partial charge is 0.289 e. The molecule has 1 aromatic heterocycles. The van der Waals surface area contributed by atoms with Gasteiger partial charge in [-0.2, -0.15) is 0 Å². The lowest BCUT2D eigenvalue weighted by atomic mass is 9.96. The van der Waals surface area contributed by atoms with Gasteiger partial charge in [-0.3, -0.25) is 4.79 Å². The topological polar surface area (TPSA) is 79.6 Å². The molecule has 1 aromatic carbocycles. The molecule has 1 saturated heterocycles. The Hall–Kier alpha value is -1.83. The molecule has 148 valence electrons. The van der Waals surface area contributed by atoms with Gasteiger partial charge in [0.2, 0.25) is 0 Å². The van der Waals surface area contributed by atoms with Crippen molar-refractivity contribution in [2.75, 3.05) is 26.7 Å². The zero-order valence-corrected chi connectivity index (χ0v) is 16.9. The van der Waals surface area contributed by atoms with E-state index in [4.69, 9.17) is 4.42 Å². The minimum absolute atomic E-state index is 0. The van der Waals surface area contributed by atoms with Crippen molar-refractivity contribution in [1.82, 2.24) is 10.2 Å². The van der Waals surface area contributed by atoms with Crippen LogP contribution in [0.3, 0.4) is 0 Å². The number of carbonyl (C=O) groups is 1. The number of sulfone groups is 1. The van der Waals surface area contributed by atoms with Crippen LogP contribution in [0.15, 0.2) is 52.0 Å². The average molecular weight is 413 g/mol. The highest BCUT2D eigenvalue weighted by Gasteiger charge is 2.28. The Morgan fingerprint density at radius 2 is 1.85 bits per heavy atom. The van der Waals surface area contributed by atoms with E-state index in [1.165, 1.54) is 6.26 Å². The fourth-order valence-electron chi connectivity index (χ4n) is 3.33. The van der Waals surface area contributed by atoms with Crippen molar-refractivity contribution in [3.63, 3.8) is 0 Å². The molecule has 1 aliphatic heterocycles. The van der Waals surface area contributed by atoms with Crippen LogP contribution in [-0.4, -0.2) is 45.9 Å². The second-order valence-electron chi connectivity index (χ2n) is 6.64. The molecule has 0 atom stereocenters. The van der Waals surface area contributed by atoms with E-state index >= 15 is 0 Å². The molecule has 6 nitrogen and oxygen atoms in total. The first-order valence-electron chi connectivity index (χ1n) is 8.79. The number of amides is 1. The Morgan fingerprint density at radius 3 is 2.48 bits per heavy atom. The van der Waals surface area contributed by atoms with Crippen LogP contribution in [0.2, 0.25) is 0 Å². The Kier molecular flexibility index (Phi) is 7.47. The maximum atomic E-state index is 12.8. The second kappa shape index (κ2) is 9.39. The highest BCUT2D eigenvalue weighted by atomic mass is 35.5. The molecule has 27 heavy (non-hydrogen) atoms. The summed E-state index contributed by atoms with van der Waals surface area (Å²) in [6.45, 7) is 2.27. The number of hydrogen-bond donors (Lipinski definition) is 1. The quantitative estimate of drug-likeness (QED) is 0.789. The van der Waals surface area contributed by atoms with Gasteiger partial charge in [0, 0.05) is 18.7 Å². The van der Waals surface area contributed by atoms with E-state index < -0.39 is 9.84 Å². The van der Waals surface area contributed by atoms with E-state index in [0.29, 0.717) is 24.6 Å². The maximum absolute atomic E-state index is 12.8. The lowest BCUT2D eigenvalue weighted by Gasteiger charge is -2.31. The molecule has 1 fully saturated rings. The van der Waals surface area contributed by atoms with E-state index in [1.54, 1.807) is 41.3 Å². The van der Waals surface area contributed by atoms with Crippen molar-refractivity contribution in [2.45, 2.75) is 23.5 Å². The van der Waals surface area contributed by atoms with Crippen LogP contribution in [0.25, 0.3) is 0 Å². The summed E-state index contributed by atoms with van der Waals surface area (Å²) in [5.74, 6) is 0.233. The van der Waals surface area contributed by atoms with Gasteiger partial charge in [0.1, 0.15) is 0 Å². The molecule has 1 amide bonds. The highest BCUT2D eigenvalue weighted by Crippen LogP contribution is 2.23. The molecular formula is C19H25ClN2O4S. The number of hydrogen-bond acceptors (Lipinski definition) is 5. The van der Waals surface area contributed by atoms with E-state index in [-0.39, 0.29) is 34.7 Å². The third-order valence-corrected chi connectivity index (χ3v) is 6.46. The third kappa shape index (κ3) is 5.12. The number of carbonyl (C=O) groups excluding carboxylic acids is 1. The standard InChI is InChI=1S/C19H24N2O4S.ClH/c1-20-13-15-7-10-21(11-8-15)19(22)18-16(9-12-25-18)14-26(23,24)17-5-3-2-4-6-17;/h2-6,9,12,15,20H,7-8,10-11,13-14H2,1H3;1H. The van der Waals surface area contributed by atoms with Crippen molar-refractivity contribution in [2.24, 2.45) is 5.92 Å². The van der Waals surface area contributed by atoms with Gasteiger partial charge in [-0.1, -0.05) is 18.2 Å². The van der Waals surface area contributed by atoms with E-state index in [9.17, 15) is 13.2 Å². The molecule has 0 unspecified atom stereocenters. The van der Waals surface area contributed by atoms with Crippen molar-refractivity contribution in [3.8, 4) is 0 Å². The zero-order chi connectivity index (χ0) is 18.6. The predicted octanol–water partition coefficient (Wildman–Crippen LogP) is 2.75. The summed E-state index contributed by atoms with van der Waals surface area (Å²) in [7, 11) is -1.59. The molecule has 1 N–H and O–H groups in total. The number of benzene rings is 1. The number of nitrogens with zero attached hydrogens (tertiary/aromatic N) is 1. The van der Waals surface area contributed by atoms with Gasteiger partial charge in [0.05, 0.1) is 16.9 Å². The molecule has 0 spiro atoms. The first kappa shape index (κ1) is 21.5. The summed E-state index contributed by atoms with van der Waals surface area (Å²) in [6.07, 6.45) is 3.26. The first-order valence-corrected chi connectivity index (χ1v) is 10.4. The van der Waals surface area contributed by atoms with E-state index in [1.807, 2.05) is 7.05 Å². The van der Waals surface area contributed by atoms with Gasteiger partial charge in [-0.25, -0.2) is 8.42 Å². The van der Waals surface area contributed by atoms with Crippen molar-refractivity contribution < 1.29 is 17.6 Å². The number of halogens is 1. The van der Waals surface area contributed by atoms with Gasteiger partial charge in [0.25, 0.3) is 5.91 Å². The van der Waals surface area contributed by atoms with Crippen LogP contribution < -0.4 is 5.32 Å². The maximum Gasteiger partial charge on any atom is 0.289 e. The fourth-order valence-corrected chi connectivity index (χ4v) is 4.70. The summed E-state index contributed by atoms with van der Waals surface area (Å²) in [6, 6.07) is 9.82. The van der Waals surface area contributed by atoms with Gasteiger partial charge in [0.15, 0.2) is 15.6 Å². The Balaban J connectivity index is 0.00000261. The summed E-state index contributed by atoms with van der Waals surface area (Å²) in [4.78, 5) is 14.8. The van der Waals surface area contributed by atoms with Crippen LogP contribution in [0.1, 0.15) is 29.0 Å². The average Bonchev–Trinajstić information content (AvgIpc) is 3.10. The number of furan rings is 1. The SMILES string of the molecule is CNCC1CCN(C(=O)c2occc2CS(=O)(=O)c2ccccc2)CC1.Cl. The molecule has 3 rings (SSSR count). The highest BCUT2D eigenvalue weighted by molar-refractivity contribution is 7.90. The number of rotatable bonds is 6. The molecular weight excluding hydrogens is 388 g/mol. The van der Waals surface area contributed by atoms with Gasteiger partial charge in [-0.05, 0) is 50.6 Å². The molecule has 1 aliphatic rings. The van der Waals surface area contributed by atoms with Crippen LogP contribution in [-0.2, 0) is 15.6 Å². The van der Waals surface area contributed by atoms with Gasteiger partial charge >= 0.3 is 0 Å². The molecule has 0 aliphatic carbocycles. The van der Waals surface area contributed by atoms with Crippen molar-refractivity contribution in [1.29, 1.82) is 0 Å². The lowest BCUT2D eigenvalue weighted by Crippen LogP contribution is -2.40. The molecule has 0 bridgehead atoms. The minimum Gasteiger partial charge on any atom is -0.459 e. The number of likely N-dealkylation sites (tertiary alicyclic amines) is 1. The predicted molar refractivity (Wildman–Crippen MR) is 106 cm³/mol. The first-order chi connectivity index (χ1) is 12.5. The molecule has 2 aromatic rings. The second-order valence-corrected chi connectivity index (χ2v) is 8.63. The van der Waals surface area contributed by atoms with E-state index in [2.05, 4.69) is 5.32 Å². The largest absolute Gasteiger partial charge is 0.459 e. The number of nitrogens with one attached hydrogen (secondary N) is 1. The Bertz CT molecular complexity index is 844. The van der Waals surface area contributed by atoms with Crippen molar-refractivity contribution in [3.05, 3.63) is 54.0 Å². The normalized spacial score (nSPS) is 15.4. The number of piperidine rings is 1. The van der Waals surface area contributed by atoms with E-state index in [0.717, 1.165) is 19.4 Å². The zero-order valence-electron chi connectivity index (χ0n) is 15.3. The molecule has 0 saturated carbocycles. The van der Waals surface area contributed by atoms with Gasteiger partial charge < -0.3 is 14.6 Å².